The van der Waals surface area contributed by atoms with Crippen LogP contribution in [0.15, 0.2) is 11.9 Å². The Labute approximate surface area is 204 Å². The fourth-order valence-corrected chi connectivity index (χ4v) is 5.75. The Morgan fingerprint density at radius 2 is 2.03 bits per heavy atom. The van der Waals surface area contributed by atoms with Crippen LogP contribution in [0.1, 0.15) is 58.3 Å². The van der Waals surface area contributed by atoms with E-state index in [0.717, 1.165) is 44.6 Å². The second-order valence-corrected chi connectivity index (χ2v) is 10.3. The zero-order valence-corrected chi connectivity index (χ0v) is 21.3. The van der Waals surface area contributed by atoms with Gasteiger partial charge in [-0.1, -0.05) is 19.3 Å². The zero-order chi connectivity index (χ0) is 23.9. The van der Waals surface area contributed by atoms with Crippen LogP contribution in [0.4, 0.5) is 0 Å². The van der Waals surface area contributed by atoms with E-state index in [9.17, 15) is 4.79 Å². The molecular formula is C25H45N5O4. The molecule has 4 atom stereocenters. The van der Waals surface area contributed by atoms with Crippen LogP contribution in [0.3, 0.4) is 0 Å². The summed E-state index contributed by atoms with van der Waals surface area (Å²) in [5.41, 5.74) is 4.12. The molecule has 9 heteroatoms. The smallest absolute Gasteiger partial charge is 0.253 e. The summed E-state index contributed by atoms with van der Waals surface area (Å²) in [5.74, 6) is 0.749. The van der Waals surface area contributed by atoms with Crippen molar-refractivity contribution in [1.82, 2.24) is 25.9 Å². The van der Waals surface area contributed by atoms with Gasteiger partial charge in [-0.25, -0.2) is 5.48 Å². The Bertz CT molecular complexity index is 680. The summed E-state index contributed by atoms with van der Waals surface area (Å²) in [7, 11) is 3.33. The van der Waals surface area contributed by atoms with Crippen LogP contribution in [-0.4, -0.2) is 93.2 Å². The van der Waals surface area contributed by atoms with Gasteiger partial charge in [0.1, 0.15) is 12.3 Å². The lowest BCUT2D eigenvalue weighted by atomic mass is 9.86. The molecule has 194 valence electrons. The quantitative estimate of drug-likeness (QED) is 0.287. The van der Waals surface area contributed by atoms with Crippen molar-refractivity contribution in [2.45, 2.75) is 88.7 Å². The third-order valence-electron chi connectivity index (χ3n) is 7.66. The monoisotopic (exact) mass is 479 g/mol. The van der Waals surface area contributed by atoms with E-state index < -0.39 is 6.10 Å². The normalized spacial score (nSPS) is 29.0. The average Bonchev–Trinajstić information content (AvgIpc) is 3.60. The third-order valence-corrected chi connectivity index (χ3v) is 7.66. The highest BCUT2D eigenvalue weighted by molar-refractivity contribution is 5.82. The van der Waals surface area contributed by atoms with Gasteiger partial charge in [-0.2, -0.15) is 0 Å². The zero-order valence-electron chi connectivity index (χ0n) is 21.3. The number of ether oxygens (including phenoxy) is 2. The average molecular weight is 480 g/mol. The van der Waals surface area contributed by atoms with Gasteiger partial charge < -0.3 is 34.7 Å². The molecule has 1 unspecified atom stereocenters. The van der Waals surface area contributed by atoms with Crippen molar-refractivity contribution in [3.8, 4) is 0 Å². The minimum atomic E-state index is -0.454. The Balaban J connectivity index is 1.44. The molecule has 9 nitrogen and oxygen atoms in total. The number of hydrogen-bond acceptors (Lipinski definition) is 8. The second kappa shape index (κ2) is 12.5. The highest BCUT2D eigenvalue weighted by atomic mass is 16.6. The molecule has 3 fully saturated rings. The van der Waals surface area contributed by atoms with E-state index in [1.165, 1.54) is 32.1 Å². The topological polar surface area (TPSA) is 87.3 Å². The highest BCUT2D eigenvalue weighted by Gasteiger charge is 2.43. The van der Waals surface area contributed by atoms with Gasteiger partial charge in [-0.15, -0.1) is 0 Å². The number of carbonyl (C=O) groups is 1. The number of morpholine rings is 1. The van der Waals surface area contributed by atoms with Gasteiger partial charge in [0.25, 0.3) is 5.91 Å². The second-order valence-electron chi connectivity index (χ2n) is 10.3. The van der Waals surface area contributed by atoms with Gasteiger partial charge in [0, 0.05) is 45.5 Å². The molecule has 0 aromatic rings. The molecule has 34 heavy (non-hydrogen) atoms. The fraction of sp³-hybridized carbons (Fsp3) is 0.880. The van der Waals surface area contributed by atoms with Crippen molar-refractivity contribution >= 4 is 5.91 Å². The lowest BCUT2D eigenvalue weighted by Gasteiger charge is -2.37. The molecule has 4 aliphatic rings. The highest BCUT2D eigenvalue weighted by Crippen LogP contribution is 2.35. The van der Waals surface area contributed by atoms with E-state index in [1.807, 2.05) is 0 Å². The first-order valence-electron chi connectivity index (χ1n) is 13.3. The summed E-state index contributed by atoms with van der Waals surface area (Å²) in [6, 6.07) is 0.310. The Kier molecular flexibility index (Phi) is 9.47. The van der Waals surface area contributed by atoms with Crippen LogP contribution < -0.4 is 16.1 Å². The summed E-state index contributed by atoms with van der Waals surface area (Å²) in [5, 5.41) is 7.22. The van der Waals surface area contributed by atoms with E-state index in [4.69, 9.17) is 14.3 Å². The summed E-state index contributed by atoms with van der Waals surface area (Å²) in [4.78, 5) is 23.2. The van der Waals surface area contributed by atoms with Crippen molar-refractivity contribution in [3.05, 3.63) is 11.9 Å². The number of hydroxylamine groups is 1. The summed E-state index contributed by atoms with van der Waals surface area (Å²) >= 11 is 0. The molecule has 0 spiro atoms. The minimum absolute atomic E-state index is 0.000377. The van der Waals surface area contributed by atoms with Gasteiger partial charge in [-0.05, 0) is 44.9 Å². The van der Waals surface area contributed by atoms with Crippen molar-refractivity contribution in [2.24, 2.45) is 5.92 Å². The van der Waals surface area contributed by atoms with E-state index in [2.05, 4.69) is 39.0 Å². The van der Waals surface area contributed by atoms with Gasteiger partial charge >= 0.3 is 0 Å². The van der Waals surface area contributed by atoms with Crippen molar-refractivity contribution < 1.29 is 19.1 Å². The van der Waals surface area contributed by atoms with E-state index in [-0.39, 0.29) is 18.1 Å². The first-order chi connectivity index (χ1) is 16.6. The van der Waals surface area contributed by atoms with Crippen LogP contribution in [0.2, 0.25) is 0 Å². The maximum absolute atomic E-state index is 13.7. The number of hydrogen-bond donors (Lipinski definition) is 3. The van der Waals surface area contributed by atoms with E-state index in [1.54, 1.807) is 14.2 Å². The molecular weight excluding hydrogens is 434 g/mol. The van der Waals surface area contributed by atoms with Crippen molar-refractivity contribution in [2.75, 3.05) is 47.0 Å². The van der Waals surface area contributed by atoms with Gasteiger partial charge in [0.05, 0.1) is 31.6 Å². The first-order valence-corrected chi connectivity index (χ1v) is 13.3. The number of nitrogens with zero attached hydrogens (tertiary/aromatic N) is 2. The maximum atomic E-state index is 13.7. The predicted octanol–water partition coefficient (Wildman–Crippen LogP) is 1.56. The van der Waals surface area contributed by atoms with Gasteiger partial charge in [0.2, 0.25) is 0 Å². The fourth-order valence-electron chi connectivity index (χ4n) is 5.75. The Morgan fingerprint density at radius 1 is 1.24 bits per heavy atom. The molecule has 0 aromatic carbocycles. The number of carbonyl (C=O) groups excluding carboxylic acids is 1. The molecule has 4 rings (SSSR count). The van der Waals surface area contributed by atoms with Gasteiger partial charge in [0.15, 0.2) is 0 Å². The Hall–Kier alpha value is -1.39. The number of rotatable bonds is 12. The third kappa shape index (κ3) is 6.43. The van der Waals surface area contributed by atoms with Crippen LogP contribution in [0.5, 0.6) is 0 Å². The standard InChI is InChI=1S/C25H45N5O4/c1-18(30(20-10-11-20)25(31)23-15-26-14-21(34-23)17-32-2)22-16-29(13-7-12-27-33-3)24(28-22)19-8-5-4-6-9-19/h16,18-21,23-24,26-28H,4-15,17H2,1-3H3/t18-,21+,23-,24?/m1/s1. The molecule has 2 aliphatic carbocycles. The SMILES string of the molecule is COC[C@@H]1CNC[C@H](C(=O)N(C2CC2)[C@H](C)C2=CN(CCCNOC)C(C3CCCCC3)N2)O1. The summed E-state index contributed by atoms with van der Waals surface area (Å²) in [6.07, 6.45) is 11.7. The molecule has 0 bridgehead atoms. The number of amides is 1. The van der Waals surface area contributed by atoms with E-state index in [0.29, 0.717) is 31.3 Å². The minimum Gasteiger partial charge on any atom is -0.382 e. The largest absolute Gasteiger partial charge is 0.382 e. The van der Waals surface area contributed by atoms with Crippen LogP contribution in [0.25, 0.3) is 0 Å². The molecule has 2 aliphatic heterocycles. The molecule has 2 saturated carbocycles. The van der Waals surface area contributed by atoms with Crippen LogP contribution >= 0.6 is 0 Å². The molecule has 2 heterocycles. The molecule has 1 amide bonds. The van der Waals surface area contributed by atoms with Crippen molar-refractivity contribution in [1.29, 1.82) is 0 Å². The maximum Gasteiger partial charge on any atom is 0.253 e. The van der Waals surface area contributed by atoms with Crippen LogP contribution in [-0.2, 0) is 19.1 Å². The summed E-state index contributed by atoms with van der Waals surface area (Å²) in [6.45, 7) is 5.74. The number of nitrogens with one attached hydrogen (secondary N) is 3. The van der Waals surface area contributed by atoms with Crippen molar-refractivity contribution in [3.63, 3.8) is 0 Å². The molecule has 0 radical (unpaired) electrons. The molecule has 3 N–H and O–H groups in total. The Morgan fingerprint density at radius 3 is 2.74 bits per heavy atom. The summed E-state index contributed by atoms with van der Waals surface area (Å²) < 4.78 is 11.4. The first kappa shape index (κ1) is 25.7. The molecule has 1 saturated heterocycles. The lowest BCUT2D eigenvalue weighted by molar-refractivity contribution is -0.155. The number of methoxy groups -OCH3 is 1. The molecule has 0 aromatic heterocycles. The lowest BCUT2D eigenvalue weighted by Crippen LogP contribution is -2.56. The van der Waals surface area contributed by atoms with Crippen LogP contribution in [0, 0.1) is 5.92 Å². The predicted molar refractivity (Wildman–Crippen MR) is 131 cm³/mol. The van der Waals surface area contributed by atoms with Gasteiger partial charge in [-0.3, -0.25) is 4.79 Å². The van der Waals surface area contributed by atoms with E-state index >= 15 is 0 Å².